The van der Waals surface area contributed by atoms with Gasteiger partial charge in [-0.25, -0.2) is 9.97 Å². The van der Waals surface area contributed by atoms with Gasteiger partial charge in [0.05, 0.1) is 19.5 Å². The van der Waals surface area contributed by atoms with Crippen molar-refractivity contribution in [2.75, 3.05) is 17.7 Å². The Morgan fingerprint density at radius 1 is 0.963 bits per heavy atom. The molecule has 1 aromatic heterocycles. The second kappa shape index (κ2) is 7.86. The summed E-state index contributed by atoms with van der Waals surface area (Å²) in [4.78, 5) is 21.0. The average Bonchev–Trinajstić information content (AvgIpc) is 2.65. The van der Waals surface area contributed by atoms with Crippen molar-refractivity contribution < 1.29 is 9.53 Å². The van der Waals surface area contributed by atoms with Crippen LogP contribution in [0.25, 0.3) is 0 Å². The van der Waals surface area contributed by atoms with Gasteiger partial charge in [0.15, 0.2) is 0 Å². The van der Waals surface area contributed by atoms with E-state index in [1.54, 1.807) is 7.11 Å². The van der Waals surface area contributed by atoms with Crippen LogP contribution in [0.5, 0.6) is 5.75 Å². The summed E-state index contributed by atoms with van der Waals surface area (Å²) in [6, 6.07) is 11.5. The molecule has 0 atom stereocenters. The van der Waals surface area contributed by atoms with Crippen LogP contribution in [0.1, 0.15) is 27.2 Å². The number of aromatic nitrogens is 2. The zero-order valence-electron chi connectivity index (χ0n) is 15.8. The fraction of sp³-hybridized carbons (Fsp3) is 0.190. The molecule has 0 radical (unpaired) electrons. The second-order valence-electron chi connectivity index (χ2n) is 6.37. The maximum absolute atomic E-state index is 12.5. The molecule has 0 saturated heterocycles. The first-order valence-corrected chi connectivity index (χ1v) is 8.58. The van der Waals surface area contributed by atoms with Gasteiger partial charge in [-0.2, -0.15) is 0 Å². The number of methoxy groups -OCH3 is 1. The van der Waals surface area contributed by atoms with Crippen molar-refractivity contribution in [3.05, 3.63) is 71.2 Å². The van der Waals surface area contributed by atoms with Crippen LogP contribution in [0.3, 0.4) is 0 Å². The maximum atomic E-state index is 12.5. The smallest absolute Gasteiger partial charge is 0.275 e. The molecule has 2 N–H and O–H groups in total. The molecule has 6 heteroatoms. The van der Waals surface area contributed by atoms with E-state index in [0.29, 0.717) is 5.82 Å². The zero-order chi connectivity index (χ0) is 19.4. The molecular weight excluding hydrogens is 340 g/mol. The minimum atomic E-state index is -0.284. The molecule has 0 fully saturated rings. The van der Waals surface area contributed by atoms with Crippen molar-refractivity contribution in [2.24, 2.45) is 0 Å². The summed E-state index contributed by atoms with van der Waals surface area (Å²) in [5, 5.41) is 6.06. The van der Waals surface area contributed by atoms with Crippen molar-refractivity contribution in [2.45, 2.75) is 20.8 Å². The molecule has 0 aliphatic heterocycles. The molecule has 138 valence electrons. The Kier molecular flexibility index (Phi) is 5.35. The van der Waals surface area contributed by atoms with Gasteiger partial charge in [0.25, 0.3) is 5.91 Å². The van der Waals surface area contributed by atoms with Crippen molar-refractivity contribution in [1.82, 2.24) is 9.97 Å². The van der Waals surface area contributed by atoms with Crippen LogP contribution in [-0.2, 0) is 0 Å². The summed E-state index contributed by atoms with van der Waals surface area (Å²) in [6.45, 7) is 5.98. The van der Waals surface area contributed by atoms with Gasteiger partial charge in [-0.05, 0) is 56.2 Å². The number of carbonyl (C=O) groups excluding carboxylic acids is 1. The predicted octanol–water partition coefficient (Wildman–Crippen LogP) is 4.41. The van der Waals surface area contributed by atoms with Crippen molar-refractivity contribution >= 4 is 23.1 Å². The number of benzene rings is 2. The Morgan fingerprint density at radius 2 is 1.63 bits per heavy atom. The van der Waals surface area contributed by atoms with Crippen LogP contribution in [-0.4, -0.2) is 23.0 Å². The molecule has 0 bridgehead atoms. The lowest BCUT2D eigenvalue weighted by atomic mass is 10.1. The number of anilines is 3. The van der Waals surface area contributed by atoms with E-state index in [0.717, 1.165) is 33.8 Å². The monoisotopic (exact) mass is 362 g/mol. The normalized spacial score (nSPS) is 10.4. The van der Waals surface area contributed by atoms with E-state index in [-0.39, 0.29) is 11.6 Å². The molecule has 3 rings (SSSR count). The van der Waals surface area contributed by atoms with Gasteiger partial charge in [0, 0.05) is 11.4 Å². The summed E-state index contributed by atoms with van der Waals surface area (Å²) in [5.41, 5.74) is 5.13. The standard InChI is InChI=1S/C21H22N4O2/c1-13-9-14(2)20(15(3)10-13)25-21(26)18-11-23-19(12-22-18)24-16-5-7-17(27-4)8-6-16/h5-12H,1-4H3,(H,23,24)(H,25,26). The molecule has 1 amide bonds. The first-order valence-electron chi connectivity index (χ1n) is 8.58. The fourth-order valence-corrected chi connectivity index (χ4v) is 2.89. The number of hydrogen-bond acceptors (Lipinski definition) is 5. The average molecular weight is 362 g/mol. The molecule has 27 heavy (non-hydrogen) atoms. The Labute approximate surface area is 158 Å². The third-order valence-corrected chi connectivity index (χ3v) is 4.16. The topological polar surface area (TPSA) is 76.1 Å². The minimum Gasteiger partial charge on any atom is -0.497 e. The lowest BCUT2D eigenvalue weighted by Gasteiger charge is -2.12. The quantitative estimate of drug-likeness (QED) is 0.703. The fourth-order valence-electron chi connectivity index (χ4n) is 2.89. The van der Waals surface area contributed by atoms with Crippen molar-refractivity contribution in [3.8, 4) is 5.75 Å². The number of amides is 1. The molecule has 0 spiro atoms. The number of rotatable bonds is 5. The highest BCUT2D eigenvalue weighted by molar-refractivity contribution is 6.03. The van der Waals surface area contributed by atoms with Crippen molar-refractivity contribution in [3.63, 3.8) is 0 Å². The van der Waals surface area contributed by atoms with Gasteiger partial charge < -0.3 is 15.4 Å². The van der Waals surface area contributed by atoms with Crippen LogP contribution in [0.4, 0.5) is 17.2 Å². The summed E-state index contributed by atoms with van der Waals surface area (Å²) in [5.74, 6) is 1.05. The zero-order valence-corrected chi connectivity index (χ0v) is 15.8. The van der Waals surface area contributed by atoms with Crippen LogP contribution in [0.15, 0.2) is 48.8 Å². The highest BCUT2D eigenvalue weighted by Gasteiger charge is 2.12. The molecule has 0 aliphatic carbocycles. The van der Waals surface area contributed by atoms with E-state index in [1.807, 2.05) is 57.2 Å². The van der Waals surface area contributed by atoms with E-state index < -0.39 is 0 Å². The molecule has 1 heterocycles. The SMILES string of the molecule is COc1ccc(Nc2cnc(C(=O)Nc3c(C)cc(C)cc3C)cn2)cc1. The summed E-state index contributed by atoms with van der Waals surface area (Å²) in [7, 11) is 1.62. The number of carbonyl (C=O) groups is 1. The maximum Gasteiger partial charge on any atom is 0.275 e. The predicted molar refractivity (Wildman–Crippen MR) is 107 cm³/mol. The van der Waals surface area contributed by atoms with E-state index >= 15 is 0 Å². The number of nitrogens with zero attached hydrogens (tertiary/aromatic N) is 2. The van der Waals surface area contributed by atoms with Gasteiger partial charge in [-0.1, -0.05) is 17.7 Å². The van der Waals surface area contributed by atoms with Gasteiger partial charge >= 0.3 is 0 Å². The lowest BCUT2D eigenvalue weighted by Crippen LogP contribution is -2.16. The van der Waals surface area contributed by atoms with Gasteiger partial charge in [-0.15, -0.1) is 0 Å². The Morgan fingerprint density at radius 3 is 2.19 bits per heavy atom. The first kappa shape index (κ1) is 18.4. The summed E-state index contributed by atoms with van der Waals surface area (Å²) in [6.07, 6.45) is 2.99. The largest absolute Gasteiger partial charge is 0.497 e. The third kappa shape index (κ3) is 4.41. The molecule has 0 unspecified atom stereocenters. The summed E-state index contributed by atoms with van der Waals surface area (Å²) < 4.78 is 5.13. The van der Waals surface area contributed by atoms with E-state index in [1.165, 1.54) is 12.4 Å². The molecule has 0 saturated carbocycles. The number of aryl methyl sites for hydroxylation is 3. The molecular formula is C21H22N4O2. The van der Waals surface area contributed by atoms with Crippen LogP contribution < -0.4 is 15.4 Å². The van der Waals surface area contributed by atoms with Crippen molar-refractivity contribution in [1.29, 1.82) is 0 Å². The van der Waals surface area contributed by atoms with Crippen LogP contribution in [0.2, 0.25) is 0 Å². The first-order chi connectivity index (χ1) is 13.0. The number of hydrogen-bond donors (Lipinski definition) is 2. The Hall–Kier alpha value is -3.41. The Bertz CT molecular complexity index is 928. The van der Waals surface area contributed by atoms with E-state index in [2.05, 4.69) is 20.6 Å². The third-order valence-electron chi connectivity index (χ3n) is 4.16. The molecule has 3 aromatic rings. The second-order valence-corrected chi connectivity index (χ2v) is 6.37. The number of nitrogens with one attached hydrogen (secondary N) is 2. The van der Waals surface area contributed by atoms with Gasteiger partial charge in [-0.3, -0.25) is 4.79 Å². The number of ether oxygens (including phenoxy) is 1. The lowest BCUT2D eigenvalue weighted by molar-refractivity contribution is 0.102. The van der Waals surface area contributed by atoms with E-state index in [9.17, 15) is 4.79 Å². The van der Waals surface area contributed by atoms with Crippen LogP contribution in [0, 0.1) is 20.8 Å². The van der Waals surface area contributed by atoms with Gasteiger partial charge in [0.2, 0.25) is 0 Å². The van der Waals surface area contributed by atoms with Crippen LogP contribution >= 0.6 is 0 Å². The minimum absolute atomic E-state index is 0.259. The highest BCUT2D eigenvalue weighted by atomic mass is 16.5. The molecule has 6 nitrogen and oxygen atoms in total. The molecule has 0 aliphatic rings. The highest BCUT2D eigenvalue weighted by Crippen LogP contribution is 2.23. The Balaban J connectivity index is 1.70. The summed E-state index contributed by atoms with van der Waals surface area (Å²) >= 11 is 0. The molecule has 2 aromatic carbocycles. The van der Waals surface area contributed by atoms with E-state index in [4.69, 9.17) is 4.74 Å². The van der Waals surface area contributed by atoms with Gasteiger partial charge in [0.1, 0.15) is 17.3 Å².